The Morgan fingerprint density at radius 2 is 1.81 bits per heavy atom. The van der Waals surface area contributed by atoms with E-state index >= 15 is 0 Å². The van der Waals surface area contributed by atoms with Crippen LogP contribution >= 0.6 is 0 Å². The van der Waals surface area contributed by atoms with Crippen molar-refractivity contribution in [1.29, 1.82) is 0 Å². The zero-order valence-electron chi connectivity index (χ0n) is 19.5. The van der Waals surface area contributed by atoms with Crippen molar-refractivity contribution in [3.05, 3.63) is 48.4 Å². The number of carbonyl (C=O) groups is 1. The molecule has 37 heavy (non-hydrogen) atoms. The van der Waals surface area contributed by atoms with Crippen molar-refractivity contribution in [2.24, 2.45) is 5.92 Å². The lowest BCUT2D eigenvalue weighted by atomic mass is 9.90. The average molecular weight is 517 g/mol. The number of rotatable bonds is 6. The number of halogens is 3. The highest BCUT2D eigenvalue weighted by Gasteiger charge is 2.31. The molecule has 0 spiro atoms. The lowest BCUT2D eigenvalue weighted by molar-refractivity contribution is -0.274. The molecule has 1 aromatic carbocycles. The molecule has 1 saturated heterocycles. The van der Waals surface area contributed by atoms with Crippen molar-refractivity contribution in [2.75, 3.05) is 18.0 Å². The summed E-state index contributed by atoms with van der Waals surface area (Å²) in [5.74, 6) is -1.46. The zero-order chi connectivity index (χ0) is 26.3. The molecule has 11 nitrogen and oxygen atoms in total. The number of carboxylic acid groups (broad SMARTS) is 1. The fourth-order valence-corrected chi connectivity index (χ4v) is 4.58. The van der Waals surface area contributed by atoms with E-state index in [0.29, 0.717) is 24.1 Å². The number of ether oxygens (including phenoxy) is 1. The topological polar surface area (TPSA) is 131 Å². The molecule has 5 rings (SSSR count). The number of alkyl halides is 3. The summed E-state index contributed by atoms with van der Waals surface area (Å²) >= 11 is 0. The molecule has 194 valence electrons. The number of aromatic hydroxyl groups is 1. The van der Waals surface area contributed by atoms with Crippen molar-refractivity contribution in [3.8, 4) is 17.6 Å². The molecule has 1 fully saturated rings. The molecular formula is C23H22F3N7O4. The minimum absolute atomic E-state index is 0.0182. The maximum atomic E-state index is 12.4. The van der Waals surface area contributed by atoms with Gasteiger partial charge in [-0.15, -0.1) is 13.2 Å². The fraction of sp³-hybridized carbons (Fsp3) is 0.348. The van der Waals surface area contributed by atoms with Gasteiger partial charge in [-0.1, -0.05) is 0 Å². The fourth-order valence-electron chi connectivity index (χ4n) is 4.58. The molecule has 2 N–H and O–H groups in total. The molecule has 4 heterocycles. The molecule has 4 aromatic rings. The first-order chi connectivity index (χ1) is 17.6. The Hall–Kier alpha value is -4.36. The van der Waals surface area contributed by atoms with Crippen LogP contribution in [0, 0.1) is 5.92 Å². The van der Waals surface area contributed by atoms with E-state index in [4.69, 9.17) is 5.11 Å². The molecule has 1 atom stereocenters. The lowest BCUT2D eigenvalue weighted by Crippen LogP contribution is -2.36. The van der Waals surface area contributed by atoms with Gasteiger partial charge in [0, 0.05) is 25.0 Å². The number of benzene rings is 1. The number of anilines is 1. The quantitative estimate of drug-likeness (QED) is 0.392. The second-order valence-corrected chi connectivity index (χ2v) is 8.76. The minimum Gasteiger partial charge on any atom is -0.492 e. The summed E-state index contributed by atoms with van der Waals surface area (Å²) in [7, 11) is 0. The van der Waals surface area contributed by atoms with E-state index < -0.39 is 12.3 Å². The van der Waals surface area contributed by atoms with Crippen LogP contribution in [-0.2, 0) is 0 Å². The average Bonchev–Trinajstić information content (AvgIpc) is 3.51. The number of aromatic nitrogens is 6. The number of aromatic carboxylic acids is 1. The maximum Gasteiger partial charge on any atom is 0.573 e. The molecule has 1 aliphatic rings. The van der Waals surface area contributed by atoms with Gasteiger partial charge in [0.25, 0.3) is 5.95 Å². The van der Waals surface area contributed by atoms with Gasteiger partial charge in [-0.3, -0.25) is 4.68 Å². The molecular weight excluding hydrogens is 495 g/mol. The summed E-state index contributed by atoms with van der Waals surface area (Å²) in [4.78, 5) is 21.7. The van der Waals surface area contributed by atoms with E-state index in [-0.39, 0.29) is 35.1 Å². The largest absolute Gasteiger partial charge is 0.573 e. The van der Waals surface area contributed by atoms with Gasteiger partial charge < -0.3 is 19.8 Å². The van der Waals surface area contributed by atoms with Crippen LogP contribution in [0.1, 0.15) is 36.2 Å². The zero-order valence-corrected chi connectivity index (χ0v) is 19.5. The van der Waals surface area contributed by atoms with Crippen LogP contribution in [0.4, 0.5) is 18.9 Å². The van der Waals surface area contributed by atoms with Crippen LogP contribution in [-0.4, -0.2) is 65.2 Å². The summed E-state index contributed by atoms with van der Waals surface area (Å²) in [5, 5.41) is 28.1. The van der Waals surface area contributed by atoms with Crippen LogP contribution in [0.5, 0.6) is 11.6 Å². The number of hydrogen-bond donors (Lipinski definition) is 2. The first-order valence-electron chi connectivity index (χ1n) is 11.4. The summed E-state index contributed by atoms with van der Waals surface area (Å²) in [5.41, 5.74) is 1.53. The van der Waals surface area contributed by atoms with Gasteiger partial charge in [0.2, 0.25) is 5.88 Å². The minimum atomic E-state index is -4.73. The summed E-state index contributed by atoms with van der Waals surface area (Å²) in [6, 6.07) is 5.73. The van der Waals surface area contributed by atoms with Crippen LogP contribution in [0.25, 0.3) is 17.0 Å². The molecule has 0 aliphatic carbocycles. The van der Waals surface area contributed by atoms with Gasteiger partial charge in [0.15, 0.2) is 0 Å². The Morgan fingerprint density at radius 1 is 1.11 bits per heavy atom. The third-order valence-electron chi connectivity index (χ3n) is 6.49. The number of fused-ring (bicyclic) bond motifs is 1. The maximum absolute atomic E-state index is 12.4. The number of hydrogen-bond acceptors (Lipinski definition) is 8. The SMILES string of the molecule is C[C@@H](C1CCN(c2ccc(OC(F)(F)F)cc2)CC1)n1ncc2nc(-n3cc(C(=O)O)cn3)nc(O)c21. The Bertz CT molecular complexity index is 1430. The molecule has 0 saturated carbocycles. The lowest BCUT2D eigenvalue weighted by Gasteiger charge is -2.36. The summed E-state index contributed by atoms with van der Waals surface area (Å²) < 4.78 is 44.0. The van der Waals surface area contributed by atoms with Gasteiger partial charge in [0.05, 0.1) is 24.0 Å². The standard InChI is InChI=1S/C23H22F3N7O4/c1-13(14-6-8-31(9-7-14)16-2-4-17(5-3-16)37-23(24,25)26)33-19-18(11-28-33)29-22(30-20(19)34)32-12-15(10-27-32)21(35)36/h2-5,10-14H,6-9H2,1H3,(H,35,36)(H,29,30,34)/t13-/m0/s1. The molecule has 0 amide bonds. The van der Waals surface area contributed by atoms with E-state index in [2.05, 4.69) is 29.8 Å². The molecule has 0 radical (unpaired) electrons. The smallest absolute Gasteiger partial charge is 0.492 e. The van der Waals surface area contributed by atoms with Crippen LogP contribution in [0.15, 0.2) is 42.9 Å². The predicted octanol–water partition coefficient (Wildman–Crippen LogP) is 3.79. The van der Waals surface area contributed by atoms with Crippen LogP contribution in [0.3, 0.4) is 0 Å². The third-order valence-corrected chi connectivity index (χ3v) is 6.49. The van der Waals surface area contributed by atoms with Crippen molar-refractivity contribution in [1.82, 2.24) is 29.5 Å². The number of nitrogens with zero attached hydrogens (tertiary/aromatic N) is 7. The third kappa shape index (κ3) is 4.99. The van der Waals surface area contributed by atoms with Crippen molar-refractivity contribution >= 4 is 22.7 Å². The van der Waals surface area contributed by atoms with E-state index in [1.165, 1.54) is 29.2 Å². The molecule has 3 aromatic heterocycles. The Kier molecular flexibility index (Phi) is 6.09. The van der Waals surface area contributed by atoms with Crippen molar-refractivity contribution in [2.45, 2.75) is 32.2 Å². The molecule has 0 bridgehead atoms. The second-order valence-electron chi connectivity index (χ2n) is 8.76. The number of carboxylic acids is 1. The Balaban J connectivity index is 1.28. The van der Waals surface area contributed by atoms with Crippen molar-refractivity contribution < 1.29 is 32.9 Å². The predicted molar refractivity (Wildman–Crippen MR) is 124 cm³/mol. The summed E-state index contributed by atoms with van der Waals surface area (Å²) in [6.07, 6.45) is 0.799. The molecule has 14 heteroatoms. The first-order valence-corrected chi connectivity index (χ1v) is 11.4. The highest BCUT2D eigenvalue weighted by atomic mass is 19.4. The van der Waals surface area contributed by atoms with E-state index in [1.54, 1.807) is 16.8 Å². The normalized spacial score (nSPS) is 15.7. The first kappa shape index (κ1) is 24.3. The van der Waals surface area contributed by atoms with Gasteiger partial charge >= 0.3 is 12.3 Å². The molecule has 1 aliphatic heterocycles. The van der Waals surface area contributed by atoms with Gasteiger partial charge in [0.1, 0.15) is 16.8 Å². The van der Waals surface area contributed by atoms with E-state index in [0.717, 1.165) is 24.7 Å². The van der Waals surface area contributed by atoms with Crippen molar-refractivity contribution in [3.63, 3.8) is 0 Å². The Labute approximate surface area is 207 Å². The highest BCUT2D eigenvalue weighted by Crippen LogP contribution is 2.34. The van der Waals surface area contributed by atoms with Gasteiger partial charge in [-0.25, -0.2) is 14.5 Å². The monoisotopic (exact) mass is 517 g/mol. The Morgan fingerprint density at radius 3 is 2.43 bits per heavy atom. The van der Waals surface area contributed by atoms with Gasteiger partial charge in [-0.05, 0) is 49.9 Å². The highest BCUT2D eigenvalue weighted by molar-refractivity contribution is 5.87. The summed E-state index contributed by atoms with van der Waals surface area (Å²) in [6.45, 7) is 3.40. The number of piperidine rings is 1. The van der Waals surface area contributed by atoms with Gasteiger partial charge in [-0.2, -0.15) is 15.2 Å². The van der Waals surface area contributed by atoms with Crippen LogP contribution < -0.4 is 9.64 Å². The van der Waals surface area contributed by atoms with E-state index in [9.17, 15) is 23.1 Å². The van der Waals surface area contributed by atoms with Crippen LogP contribution in [0.2, 0.25) is 0 Å². The molecule has 0 unspecified atom stereocenters. The second kappa shape index (κ2) is 9.26. The van der Waals surface area contributed by atoms with E-state index in [1.807, 2.05) is 6.92 Å².